The van der Waals surface area contributed by atoms with Crippen LogP contribution in [0.15, 0.2) is 60.7 Å². The maximum atomic E-state index is 14.1. The topological polar surface area (TPSA) is 15.8 Å². The molecule has 0 bridgehead atoms. The number of nitrogens with one attached hydrogen (secondary N) is 1. The van der Waals surface area contributed by atoms with Crippen molar-refractivity contribution in [3.8, 4) is 22.4 Å². The van der Waals surface area contributed by atoms with Crippen LogP contribution in [0, 0.1) is 11.6 Å². The van der Waals surface area contributed by atoms with Crippen molar-refractivity contribution in [1.29, 1.82) is 0 Å². The Hall–Kier alpha value is -3.36. The van der Waals surface area contributed by atoms with Gasteiger partial charge in [-0.1, -0.05) is 18.2 Å². The van der Waals surface area contributed by atoms with Gasteiger partial charge in [-0.25, -0.2) is 8.78 Å². The number of alkyl halides is 6. The molecule has 3 aromatic carbocycles. The Morgan fingerprint density at radius 2 is 1.35 bits per heavy atom. The molecular weight excluding hydrogens is 430 g/mol. The van der Waals surface area contributed by atoms with Crippen molar-refractivity contribution in [1.82, 2.24) is 4.98 Å². The van der Waals surface area contributed by atoms with Crippen LogP contribution in [0.2, 0.25) is 0 Å². The van der Waals surface area contributed by atoms with Crippen LogP contribution in [0.3, 0.4) is 0 Å². The highest BCUT2D eigenvalue weighted by molar-refractivity contribution is 5.90. The zero-order valence-corrected chi connectivity index (χ0v) is 15.3. The van der Waals surface area contributed by atoms with Gasteiger partial charge in [-0.2, -0.15) is 26.3 Å². The lowest BCUT2D eigenvalue weighted by molar-refractivity contribution is -0.142. The number of aromatic nitrogens is 1. The van der Waals surface area contributed by atoms with Gasteiger partial charge >= 0.3 is 12.4 Å². The average molecular weight is 441 g/mol. The first-order valence-corrected chi connectivity index (χ1v) is 8.81. The van der Waals surface area contributed by atoms with Crippen LogP contribution >= 0.6 is 0 Å². The van der Waals surface area contributed by atoms with Gasteiger partial charge in [0.1, 0.15) is 11.6 Å². The number of hydrogen-bond donors (Lipinski definition) is 1. The normalized spacial score (nSPS) is 12.5. The van der Waals surface area contributed by atoms with E-state index < -0.39 is 40.7 Å². The lowest BCUT2D eigenvalue weighted by Gasteiger charge is -2.16. The maximum Gasteiger partial charge on any atom is 0.417 e. The molecule has 0 atom stereocenters. The Bertz CT molecular complexity index is 1260. The SMILES string of the molecule is Fc1cccc(F)c1-c1cc2cc(-c3ccc(C(F)(F)F)cc3C(F)(F)F)ccc2[nH]1. The predicted molar refractivity (Wildman–Crippen MR) is 99.1 cm³/mol. The average Bonchev–Trinajstić information content (AvgIpc) is 3.08. The fraction of sp³-hybridized carbons (Fsp3) is 0.0909. The quantitative estimate of drug-likeness (QED) is 0.305. The third kappa shape index (κ3) is 3.87. The van der Waals surface area contributed by atoms with E-state index in [1.54, 1.807) is 0 Å². The van der Waals surface area contributed by atoms with E-state index in [1.807, 2.05) is 0 Å². The molecule has 160 valence electrons. The number of benzene rings is 3. The lowest BCUT2D eigenvalue weighted by Crippen LogP contribution is -2.12. The van der Waals surface area contributed by atoms with E-state index >= 15 is 0 Å². The van der Waals surface area contributed by atoms with E-state index in [0.29, 0.717) is 17.0 Å². The molecule has 0 fully saturated rings. The minimum atomic E-state index is -5.02. The van der Waals surface area contributed by atoms with Gasteiger partial charge in [0.05, 0.1) is 22.4 Å². The zero-order chi connectivity index (χ0) is 22.6. The minimum Gasteiger partial charge on any atom is -0.354 e. The number of halogens is 8. The summed E-state index contributed by atoms with van der Waals surface area (Å²) in [4.78, 5) is 2.80. The fourth-order valence-corrected chi connectivity index (χ4v) is 3.40. The molecule has 0 aliphatic carbocycles. The first-order chi connectivity index (χ1) is 14.4. The van der Waals surface area contributed by atoms with Crippen LogP contribution in [0.25, 0.3) is 33.3 Å². The van der Waals surface area contributed by atoms with Crippen LogP contribution in [-0.2, 0) is 12.4 Å². The molecule has 9 heteroatoms. The van der Waals surface area contributed by atoms with Crippen molar-refractivity contribution in [2.75, 3.05) is 0 Å². The summed E-state index contributed by atoms with van der Waals surface area (Å²) in [7, 11) is 0. The summed E-state index contributed by atoms with van der Waals surface area (Å²) >= 11 is 0. The second-order valence-corrected chi connectivity index (χ2v) is 6.84. The molecular formula is C22H11F8N. The number of hydrogen-bond acceptors (Lipinski definition) is 0. The lowest BCUT2D eigenvalue weighted by atomic mass is 9.96. The Labute approximate surface area is 169 Å². The van der Waals surface area contributed by atoms with Crippen LogP contribution < -0.4 is 0 Å². The molecule has 0 aliphatic rings. The molecule has 0 spiro atoms. The Morgan fingerprint density at radius 3 is 1.97 bits per heavy atom. The third-order valence-corrected chi connectivity index (χ3v) is 4.82. The van der Waals surface area contributed by atoms with Crippen molar-refractivity contribution in [2.24, 2.45) is 0 Å². The van der Waals surface area contributed by atoms with Gasteiger partial charge in [0.2, 0.25) is 0 Å². The summed E-state index contributed by atoms with van der Waals surface area (Å²) in [6.07, 6.45) is -9.95. The van der Waals surface area contributed by atoms with Crippen LogP contribution in [0.5, 0.6) is 0 Å². The molecule has 0 amide bonds. The number of fused-ring (bicyclic) bond motifs is 1. The smallest absolute Gasteiger partial charge is 0.354 e. The number of rotatable bonds is 2. The fourth-order valence-electron chi connectivity index (χ4n) is 3.40. The third-order valence-electron chi connectivity index (χ3n) is 4.82. The summed E-state index contributed by atoms with van der Waals surface area (Å²) in [5.74, 6) is -1.65. The molecule has 0 radical (unpaired) electrons. The van der Waals surface area contributed by atoms with E-state index in [9.17, 15) is 35.1 Å². The largest absolute Gasteiger partial charge is 0.417 e. The second kappa shape index (κ2) is 7.11. The van der Waals surface area contributed by atoms with Gasteiger partial charge in [0.15, 0.2) is 0 Å². The Kier molecular flexibility index (Phi) is 4.79. The molecule has 4 aromatic rings. The molecule has 0 saturated heterocycles. The summed E-state index contributed by atoms with van der Waals surface area (Å²) in [6.45, 7) is 0. The summed E-state index contributed by atoms with van der Waals surface area (Å²) < 4.78 is 107. The molecule has 1 aromatic heterocycles. The van der Waals surface area contributed by atoms with Crippen molar-refractivity contribution < 1.29 is 35.1 Å². The highest BCUT2D eigenvalue weighted by Crippen LogP contribution is 2.41. The van der Waals surface area contributed by atoms with E-state index in [-0.39, 0.29) is 22.9 Å². The monoisotopic (exact) mass is 441 g/mol. The Balaban J connectivity index is 1.86. The van der Waals surface area contributed by atoms with Crippen LogP contribution in [0.1, 0.15) is 11.1 Å². The minimum absolute atomic E-state index is 0.00750. The van der Waals surface area contributed by atoms with Gasteiger partial charge in [-0.05, 0) is 53.6 Å². The molecule has 31 heavy (non-hydrogen) atoms. The van der Waals surface area contributed by atoms with E-state index in [1.165, 1.54) is 30.3 Å². The van der Waals surface area contributed by atoms with Gasteiger partial charge < -0.3 is 4.98 Å². The standard InChI is InChI=1S/C22H11F8N/c23-16-2-1-3-17(24)20(16)19-9-12-8-11(4-7-18(12)31-19)14-6-5-13(21(25,26)27)10-15(14)22(28,29)30/h1-10,31H. The van der Waals surface area contributed by atoms with E-state index in [4.69, 9.17) is 0 Å². The summed E-state index contributed by atoms with van der Waals surface area (Å²) in [5, 5.41) is 0.336. The van der Waals surface area contributed by atoms with E-state index in [0.717, 1.165) is 18.2 Å². The highest BCUT2D eigenvalue weighted by Gasteiger charge is 2.38. The molecule has 0 aliphatic heterocycles. The van der Waals surface area contributed by atoms with Crippen molar-refractivity contribution in [2.45, 2.75) is 12.4 Å². The van der Waals surface area contributed by atoms with Gasteiger partial charge in [-0.3, -0.25) is 0 Å². The van der Waals surface area contributed by atoms with Gasteiger partial charge in [-0.15, -0.1) is 0 Å². The predicted octanol–water partition coefficient (Wildman–Crippen LogP) is 7.82. The first kappa shape index (κ1) is 20.9. The number of aromatic amines is 1. The molecule has 4 rings (SSSR count). The highest BCUT2D eigenvalue weighted by atomic mass is 19.4. The van der Waals surface area contributed by atoms with Crippen molar-refractivity contribution >= 4 is 10.9 Å². The van der Waals surface area contributed by atoms with Crippen LogP contribution in [0.4, 0.5) is 35.1 Å². The van der Waals surface area contributed by atoms with Gasteiger partial charge in [0.25, 0.3) is 0 Å². The van der Waals surface area contributed by atoms with Gasteiger partial charge in [0, 0.05) is 10.9 Å². The summed E-state index contributed by atoms with van der Waals surface area (Å²) in [5.41, 5.74) is -3.14. The first-order valence-electron chi connectivity index (χ1n) is 8.81. The second-order valence-electron chi connectivity index (χ2n) is 6.84. The summed E-state index contributed by atoms with van der Waals surface area (Å²) in [6, 6.07) is 10.1. The maximum absolute atomic E-state index is 14.1. The molecule has 1 nitrogen and oxygen atoms in total. The van der Waals surface area contributed by atoms with E-state index in [2.05, 4.69) is 4.98 Å². The van der Waals surface area contributed by atoms with Crippen LogP contribution in [-0.4, -0.2) is 4.98 Å². The molecule has 0 saturated carbocycles. The molecule has 0 unspecified atom stereocenters. The Morgan fingerprint density at radius 1 is 0.677 bits per heavy atom. The zero-order valence-electron chi connectivity index (χ0n) is 15.3. The molecule has 1 heterocycles. The van der Waals surface area contributed by atoms with Crippen molar-refractivity contribution in [3.05, 3.63) is 83.4 Å². The van der Waals surface area contributed by atoms with Crippen molar-refractivity contribution in [3.63, 3.8) is 0 Å². The number of H-pyrrole nitrogens is 1. The molecule has 1 N–H and O–H groups in total.